The van der Waals surface area contributed by atoms with Gasteiger partial charge >= 0.3 is 0 Å². The first kappa shape index (κ1) is 14.0. The number of ether oxygens (including phenoxy) is 1. The number of aromatic nitrogens is 1. The first-order chi connectivity index (χ1) is 9.19. The molecule has 0 saturated heterocycles. The van der Waals surface area contributed by atoms with Crippen LogP contribution in [0.3, 0.4) is 0 Å². The molecule has 5 heteroatoms. The normalized spacial score (nSPS) is 12.4. The molecule has 0 radical (unpaired) electrons. The number of nitrogens with one attached hydrogen (secondary N) is 1. The van der Waals surface area contributed by atoms with Crippen molar-refractivity contribution in [1.29, 1.82) is 0 Å². The molecule has 1 aromatic heterocycles. The molecule has 0 aliphatic heterocycles. The van der Waals surface area contributed by atoms with Crippen LogP contribution < -0.4 is 10.1 Å². The third kappa shape index (κ3) is 4.02. The molecule has 0 bridgehead atoms. The molecular formula is C14H18N2O2S. The van der Waals surface area contributed by atoms with Gasteiger partial charge < -0.3 is 15.2 Å². The minimum atomic E-state index is -0.546. The Labute approximate surface area is 117 Å². The molecule has 102 valence electrons. The van der Waals surface area contributed by atoms with Crippen molar-refractivity contribution < 1.29 is 9.84 Å². The summed E-state index contributed by atoms with van der Waals surface area (Å²) >= 11 is 1.63. The molecule has 0 fully saturated rings. The van der Waals surface area contributed by atoms with Crippen LogP contribution in [0.1, 0.15) is 22.4 Å². The summed E-state index contributed by atoms with van der Waals surface area (Å²) in [5.74, 6) is 0.756. The number of aryl methyl sites for hydroxylation is 1. The van der Waals surface area contributed by atoms with Crippen molar-refractivity contribution in [3.8, 4) is 5.75 Å². The first-order valence-electron chi connectivity index (χ1n) is 6.13. The summed E-state index contributed by atoms with van der Waals surface area (Å²) in [7, 11) is 1.62. The molecule has 2 aromatic rings. The third-order valence-corrected chi connectivity index (χ3v) is 3.61. The van der Waals surface area contributed by atoms with E-state index >= 15 is 0 Å². The number of aliphatic hydroxyl groups is 1. The smallest absolute Gasteiger partial charge is 0.119 e. The summed E-state index contributed by atoms with van der Waals surface area (Å²) in [6, 6.07) is 7.48. The van der Waals surface area contributed by atoms with Gasteiger partial charge in [-0.15, -0.1) is 11.3 Å². The van der Waals surface area contributed by atoms with Crippen LogP contribution in [-0.4, -0.2) is 23.7 Å². The van der Waals surface area contributed by atoms with Gasteiger partial charge in [-0.1, -0.05) is 12.1 Å². The average Bonchev–Trinajstić information content (AvgIpc) is 2.84. The summed E-state index contributed by atoms with van der Waals surface area (Å²) in [4.78, 5) is 4.36. The highest BCUT2D eigenvalue weighted by molar-refractivity contribution is 7.09. The van der Waals surface area contributed by atoms with Crippen molar-refractivity contribution in [2.45, 2.75) is 19.6 Å². The Balaban J connectivity index is 1.85. The average molecular weight is 278 g/mol. The van der Waals surface area contributed by atoms with Crippen molar-refractivity contribution in [1.82, 2.24) is 10.3 Å². The number of rotatable bonds is 6. The fraction of sp³-hybridized carbons (Fsp3) is 0.357. The number of nitrogens with zero attached hydrogens (tertiary/aromatic N) is 1. The summed E-state index contributed by atoms with van der Waals surface area (Å²) in [6.45, 7) is 3.15. The van der Waals surface area contributed by atoms with Crippen molar-refractivity contribution in [3.05, 3.63) is 45.9 Å². The zero-order valence-electron chi connectivity index (χ0n) is 11.1. The zero-order chi connectivity index (χ0) is 13.7. The van der Waals surface area contributed by atoms with Crippen LogP contribution in [-0.2, 0) is 6.54 Å². The molecular weight excluding hydrogens is 260 g/mol. The lowest BCUT2D eigenvalue weighted by Crippen LogP contribution is -2.21. The standard InChI is InChI=1S/C14H18N2O2S/c1-10-16-12(9-19-10)7-15-8-14(17)11-4-3-5-13(6-11)18-2/h3-6,9,14-15,17H,7-8H2,1-2H3. The minimum Gasteiger partial charge on any atom is -0.497 e. The minimum absolute atomic E-state index is 0.490. The Hall–Kier alpha value is -1.43. The predicted molar refractivity (Wildman–Crippen MR) is 76.5 cm³/mol. The molecule has 19 heavy (non-hydrogen) atoms. The molecule has 0 aliphatic rings. The van der Waals surface area contributed by atoms with Crippen LogP contribution in [0.5, 0.6) is 5.75 Å². The van der Waals surface area contributed by atoms with E-state index in [1.165, 1.54) is 0 Å². The molecule has 0 aliphatic carbocycles. The van der Waals surface area contributed by atoms with Crippen LogP contribution in [0.4, 0.5) is 0 Å². The predicted octanol–water partition coefficient (Wildman–Crippen LogP) is 2.28. The lowest BCUT2D eigenvalue weighted by molar-refractivity contribution is 0.174. The summed E-state index contributed by atoms with van der Waals surface area (Å²) in [6.07, 6.45) is -0.546. The van der Waals surface area contributed by atoms with Gasteiger partial charge in [0.15, 0.2) is 0 Å². The highest BCUT2D eigenvalue weighted by atomic mass is 32.1. The van der Waals surface area contributed by atoms with E-state index in [1.807, 2.05) is 36.6 Å². The molecule has 1 atom stereocenters. The van der Waals surface area contributed by atoms with Gasteiger partial charge in [0.2, 0.25) is 0 Å². The zero-order valence-corrected chi connectivity index (χ0v) is 11.9. The number of methoxy groups -OCH3 is 1. The molecule has 1 heterocycles. The second-order valence-electron chi connectivity index (χ2n) is 4.28. The van der Waals surface area contributed by atoms with Crippen molar-refractivity contribution in [3.63, 3.8) is 0 Å². The highest BCUT2D eigenvalue weighted by Gasteiger charge is 2.08. The van der Waals surface area contributed by atoms with E-state index in [9.17, 15) is 5.11 Å². The van der Waals surface area contributed by atoms with E-state index in [2.05, 4.69) is 10.3 Å². The lowest BCUT2D eigenvalue weighted by atomic mass is 10.1. The maximum absolute atomic E-state index is 10.1. The number of hydrogen-bond acceptors (Lipinski definition) is 5. The lowest BCUT2D eigenvalue weighted by Gasteiger charge is -2.12. The number of thiazole rings is 1. The molecule has 1 aromatic carbocycles. The van der Waals surface area contributed by atoms with Crippen LogP contribution in [0.15, 0.2) is 29.6 Å². The van der Waals surface area contributed by atoms with Gasteiger partial charge in [-0.3, -0.25) is 0 Å². The maximum Gasteiger partial charge on any atom is 0.119 e. The van der Waals surface area contributed by atoms with Gasteiger partial charge in [0.1, 0.15) is 5.75 Å². The third-order valence-electron chi connectivity index (χ3n) is 2.79. The summed E-state index contributed by atoms with van der Waals surface area (Å²) < 4.78 is 5.14. The second kappa shape index (κ2) is 6.65. The van der Waals surface area contributed by atoms with Crippen molar-refractivity contribution in [2.75, 3.05) is 13.7 Å². The van der Waals surface area contributed by atoms with Gasteiger partial charge in [-0.25, -0.2) is 4.98 Å². The van der Waals surface area contributed by atoms with E-state index in [4.69, 9.17) is 4.74 Å². The van der Waals surface area contributed by atoms with Crippen molar-refractivity contribution in [2.24, 2.45) is 0 Å². The molecule has 2 N–H and O–H groups in total. The quantitative estimate of drug-likeness (QED) is 0.851. The Bertz CT molecular complexity index is 528. The largest absolute Gasteiger partial charge is 0.497 e. The van der Waals surface area contributed by atoms with Gasteiger partial charge in [0.05, 0.1) is 23.9 Å². The van der Waals surface area contributed by atoms with Gasteiger partial charge in [0, 0.05) is 18.5 Å². The Kier molecular flexibility index (Phi) is 4.90. The van der Waals surface area contributed by atoms with E-state index in [0.717, 1.165) is 22.0 Å². The van der Waals surface area contributed by atoms with Crippen LogP contribution in [0.25, 0.3) is 0 Å². The summed E-state index contributed by atoms with van der Waals surface area (Å²) in [5, 5.41) is 16.4. The van der Waals surface area contributed by atoms with E-state index in [1.54, 1.807) is 18.4 Å². The Morgan fingerprint density at radius 2 is 2.32 bits per heavy atom. The molecule has 0 amide bonds. The fourth-order valence-electron chi connectivity index (χ4n) is 1.79. The maximum atomic E-state index is 10.1. The topological polar surface area (TPSA) is 54.4 Å². The molecule has 2 rings (SSSR count). The molecule has 0 saturated carbocycles. The van der Waals surface area contributed by atoms with E-state index < -0.39 is 6.10 Å². The monoisotopic (exact) mass is 278 g/mol. The van der Waals surface area contributed by atoms with Crippen LogP contribution in [0, 0.1) is 6.92 Å². The van der Waals surface area contributed by atoms with Gasteiger partial charge in [0.25, 0.3) is 0 Å². The van der Waals surface area contributed by atoms with Gasteiger partial charge in [-0.2, -0.15) is 0 Å². The molecule has 1 unspecified atom stereocenters. The Morgan fingerprint density at radius 3 is 3.00 bits per heavy atom. The van der Waals surface area contributed by atoms with Crippen molar-refractivity contribution >= 4 is 11.3 Å². The molecule has 4 nitrogen and oxygen atoms in total. The number of aliphatic hydroxyl groups excluding tert-OH is 1. The SMILES string of the molecule is COc1cccc(C(O)CNCc2csc(C)n2)c1. The molecule has 0 spiro atoms. The number of hydrogen-bond donors (Lipinski definition) is 2. The van der Waals surface area contributed by atoms with E-state index in [0.29, 0.717) is 13.1 Å². The van der Waals surface area contributed by atoms with E-state index in [-0.39, 0.29) is 0 Å². The van der Waals surface area contributed by atoms with Gasteiger partial charge in [-0.05, 0) is 24.6 Å². The first-order valence-corrected chi connectivity index (χ1v) is 7.00. The fourth-order valence-corrected chi connectivity index (χ4v) is 2.41. The highest BCUT2D eigenvalue weighted by Crippen LogP contribution is 2.18. The second-order valence-corrected chi connectivity index (χ2v) is 5.34. The Morgan fingerprint density at radius 1 is 1.47 bits per heavy atom. The van der Waals surface area contributed by atoms with Crippen LogP contribution >= 0.6 is 11.3 Å². The summed E-state index contributed by atoms with van der Waals surface area (Å²) in [5.41, 5.74) is 1.86. The van der Waals surface area contributed by atoms with Crippen LogP contribution in [0.2, 0.25) is 0 Å². The number of benzene rings is 1.